The molecule has 1 amide bonds. The van der Waals surface area contributed by atoms with Gasteiger partial charge < -0.3 is 9.47 Å². The van der Waals surface area contributed by atoms with E-state index in [0.717, 1.165) is 11.1 Å². The van der Waals surface area contributed by atoms with Crippen molar-refractivity contribution in [3.8, 4) is 11.5 Å². The van der Waals surface area contributed by atoms with Crippen molar-refractivity contribution < 1.29 is 18.7 Å². The van der Waals surface area contributed by atoms with Gasteiger partial charge in [0.15, 0.2) is 15.8 Å². The lowest BCUT2D eigenvalue weighted by Crippen LogP contribution is -2.27. The van der Waals surface area contributed by atoms with Gasteiger partial charge in [0.1, 0.15) is 12.4 Å². The van der Waals surface area contributed by atoms with E-state index in [2.05, 4.69) is 15.9 Å². The van der Waals surface area contributed by atoms with Gasteiger partial charge in [0, 0.05) is 5.02 Å². The van der Waals surface area contributed by atoms with Crippen LogP contribution in [-0.4, -0.2) is 16.8 Å². The van der Waals surface area contributed by atoms with Crippen LogP contribution in [0.3, 0.4) is 0 Å². The molecule has 1 aliphatic rings. The second-order valence-corrected chi connectivity index (χ2v) is 10.1. The average Bonchev–Trinajstić information content (AvgIpc) is 3.08. The van der Waals surface area contributed by atoms with Gasteiger partial charge >= 0.3 is 0 Å². The lowest BCUT2D eigenvalue weighted by atomic mass is 10.1. The zero-order valence-electron chi connectivity index (χ0n) is 17.9. The Hall–Kier alpha value is -2.39. The number of rotatable bonds is 7. The van der Waals surface area contributed by atoms with Crippen molar-refractivity contribution in [3.05, 3.63) is 92.0 Å². The minimum Gasteiger partial charge on any atom is -0.490 e. The largest absolute Gasteiger partial charge is 0.490 e. The third kappa shape index (κ3) is 5.63. The molecule has 1 aliphatic heterocycles. The highest BCUT2D eigenvalue weighted by Crippen LogP contribution is 2.40. The topological polar surface area (TPSA) is 38.8 Å². The van der Waals surface area contributed by atoms with Crippen LogP contribution in [0.25, 0.3) is 6.08 Å². The lowest BCUT2D eigenvalue weighted by molar-refractivity contribution is -0.113. The van der Waals surface area contributed by atoms with Gasteiger partial charge in [-0.1, -0.05) is 47.7 Å². The quantitative estimate of drug-likeness (QED) is 0.213. The van der Waals surface area contributed by atoms with E-state index in [9.17, 15) is 9.18 Å². The predicted octanol–water partition coefficient (Wildman–Crippen LogP) is 7.63. The summed E-state index contributed by atoms with van der Waals surface area (Å²) in [7, 11) is 0. The van der Waals surface area contributed by atoms with Crippen LogP contribution in [0.1, 0.15) is 18.1 Å². The van der Waals surface area contributed by atoms with Crippen LogP contribution in [0.2, 0.25) is 5.02 Å². The van der Waals surface area contributed by atoms with Crippen molar-refractivity contribution in [2.45, 2.75) is 13.5 Å². The highest BCUT2D eigenvalue weighted by molar-refractivity contribution is 9.10. The van der Waals surface area contributed by atoms with Gasteiger partial charge in [-0.05, 0) is 88.6 Å². The maximum absolute atomic E-state index is 13.2. The number of halogens is 3. The van der Waals surface area contributed by atoms with Crippen molar-refractivity contribution in [1.82, 2.24) is 0 Å². The summed E-state index contributed by atoms with van der Waals surface area (Å²) >= 11 is 16.2. The lowest BCUT2D eigenvalue weighted by Gasteiger charge is -2.15. The zero-order chi connectivity index (χ0) is 24.2. The molecule has 9 heteroatoms. The van der Waals surface area contributed by atoms with E-state index < -0.39 is 0 Å². The highest BCUT2D eigenvalue weighted by atomic mass is 79.9. The van der Waals surface area contributed by atoms with Crippen molar-refractivity contribution in [2.75, 3.05) is 11.5 Å². The number of amides is 1. The number of ether oxygens (including phenoxy) is 2. The van der Waals surface area contributed by atoms with Crippen molar-refractivity contribution >= 4 is 73.5 Å². The van der Waals surface area contributed by atoms with E-state index in [-0.39, 0.29) is 18.3 Å². The van der Waals surface area contributed by atoms with Crippen molar-refractivity contribution in [1.29, 1.82) is 0 Å². The molecule has 0 aromatic heterocycles. The first-order valence-electron chi connectivity index (χ1n) is 10.2. The predicted molar refractivity (Wildman–Crippen MR) is 143 cm³/mol. The third-order valence-electron chi connectivity index (χ3n) is 4.80. The molecule has 34 heavy (non-hydrogen) atoms. The number of carbonyl (C=O) groups is 1. The number of carbonyl (C=O) groups excluding carboxylic acids is 1. The van der Waals surface area contributed by atoms with Gasteiger partial charge in [-0.2, -0.15) is 0 Å². The first-order valence-corrected chi connectivity index (χ1v) is 12.6. The van der Waals surface area contributed by atoms with Crippen LogP contribution in [0.4, 0.5) is 10.1 Å². The van der Waals surface area contributed by atoms with E-state index in [0.29, 0.717) is 42.5 Å². The number of hydrogen-bond donors (Lipinski definition) is 0. The molecule has 1 fully saturated rings. The maximum Gasteiger partial charge on any atom is 0.270 e. The average molecular weight is 579 g/mol. The number of thioether (sulfide) groups is 1. The Bertz CT molecular complexity index is 1270. The molecule has 3 aromatic carbocycles. The Morgan fingerprint density at radius 3 is 2.50 bits per heavy atom. The van der Waals surface area contributed by atoms with Crippen molar-refractivity contribution in [2.24, 2.45) is 0 Å². The normalized spacial score (nSPS) is 14.7. The fraction of sp³-hybridized carbons (Fsp3) is 0.120. The monoisotopic (exact) mass is 577 g/mol. The summed E-state index contributed by atoms with van der Waals surface area (Å²) in [5, 5.41) is 0.583. The van der Waals surface area contributed by atoms with E-state index in [1.54, 1.807) is 42.5 Å². The van der Waals surface area contributed by atoms with Crippen molar-refractivity contribution in [3.63, 3.8) is 0 Å². The molecule has 0 saturated carbocycles. The maximum atomic E-state index is 13.2. The van der Waals surface area contributed by atoms with Crippen LogP contribution < -0.4 is 14.4 Å². The Labute approximate surface area is 219 Å². The van der Waals surface area contributed by atoms with Crippen LogP contribution in [0.15, 0.2) is 70.0 Å². The second kappa shape index (κ2) is 10.9. The molecule has 0 bridgehead atoms. The van der Waals surface area contributed by atoms with E-state index >= 15 is 0 Å². The molecular formula is C25H18BrClFNO3S2. The first kappa shape index (κ1) is 24.7. The highest BCUT2D eigenvalue weighted by Gasteiger charge is 2.33. The molecule has 1 heterocycles. The van der Waals surface area contributed by atoms with Gasteiger partial charge in [-0.3, -0.25) is 9.69 Å². The van der Waals surface area contributed by atoms with Crippen LogP contribution in [0.5, 0.6) is 11.5 Å². The van der Waals surface area contributed by atoms with Gasteiger partial charge in [0.25, 0.3) is 5.91 Å². The van der Waals surface area contributed by atoms with Gasteiger partial charge in [-0.15, -0.1) is 0 Å². The molecule has 3 aromatic rings. The molecule has 1 saturated heterocycles. The SMILES string of the molecule is CCOc1cc(/C=C2/SC(=S)N(c3ccc(Cl)cc3)C2=O)cc(Br)c1OCc1ccc(F)cc1. The number of nitrogens with zero attached hydrogens (tertiary/aromatic N) is 1. The Morgan fingerprint density at radius 2 is 1.82 bits per heavy atom. The third-order valence-corrected chi connectivity index (χ3v) is 6.95. The molecule has 0 N–H and O–H groups in total. The number of benzene rings is 3. The molecular weight excluding hydrogens is 561 g/mol. The van der Waals surface area contributed by atoms with Crippen LogP contribution >= 0.6 is 51.5 Å². The summed E-state index contributed by atoms with van der Waals surface area (Å²) in [5.41, 5.74) is 2.24. The molecule has 0 radical (unpaired) electrons. The Balaban J connectivity index is 1.59. The summed E-state index contributed by atoms with van der Waals surface area (Å²) in [6.07, 6.45) is 1.77. The smallest absolute Gasteiger partial charge is 0.270 e. The van der Waals surface area contributed by atoms with E-state index in [1.165, 1.54) is 28.8 Å². The molecule has 0 unspecified atom stereocenters. The molecule has 174 valence electrons. The van der Waals surface area contributed by atoms with Gasteiger partial charge in [-0.25, -0.2) is 4.39 Å². The number of anilines is 1. The summed E-state index contributed by atoms with van der Waals surface area (Å²) in [6.45, 7) is 2.56. The fourth-order valence-corrected chi connectivity index (χ4v) is 5.24. The first-order chi connectivity index (χ1) is 16.4. The van der Waals surface area contributed by atoms with Crippen LogP contribution in [0, 0.1) is 5.82 Å². The van der Waals surface area contributed by atoms with Gasteiger partial charge in [0.05, 0.1) is 21.7 Å². The summed E-state index contributed by atoms with van der Waals surface area (Å²) < 4.78 is 26.0. The van der Waals surface area contributed by atoms with E-state index in [4.69, 9.17) is 33.3 Å². The standard InChI is InChI=1S/C25H18BrClFNO3S2/c1-2-31-21-12-16(11-20(26)23(21)32-14-15-3-7-18(28)8-4-15)13-22-24(30)29(25(33)34-22)19-9-5-17(27)6-10-19/h3-13H,2,14H2,1H3/b22-13+. The fourth-order valence-electron chi connectivity index (χ4n) is 3.24. The molecule has 0 spiro atoms. The minimum absolute atomic E-state index is 0.206. The Kier molecular flexibility index (Phi) is 7.93. The zero-order valence-corrected chi connectivity index (χ0v) is 21.9. The van der Waals surface area contributed by atoms with Gasteiger partial charge in [0.2, 0.25) is 0 Å². The Morgan fingerprint density at radius 1 is 1.12 bits per heavy atom. The summed E-state index contributed by atoms with van der Waals surface area (Å²) in [6, 6.07) is 16.7. The van der Waals surface area contributed by atoms with E-state index in [1.807, 2.05) is 19.1 Å². The molecule has 0 aliphatic carbocycles. The van der Waals surface area contributed by atoms with Crippen LogP contribution in [-0.2, 0) is 11.4 Å². The molecule has 4 rings (SSSR count). The number of thiocarbonyl (C=S) groups is 1. The number of hydrogen-bond acceptors (Lipinski definition) is 5. The molecule has 4 nitrogen and oxygen atoms in total. The second-order valence-electron chi connectivity index (χ2n) is 7.17. The summed E-state index contributed by atoms with van der Waals surface area (Å²) in [5.74, 6) is 0.546. The molecule has 0 atom stereocenters. The minimum atomic E-state index is -0.300. The summed E-state index contributed by atoms with van der Waals surface area (Å²) in [4.78, 5) is 15.1.